The van der Waals surface area contributed by atoms with Gasteiger partial charge in [-0.15, -0.1) is 37.2 Å². The zero-order valence-corrected chi connectivity index (χ0v) is 13.8. The van der Waals surface area contributed by atoms with Crippen LogP contribution in [0.5, 0.6) is 0 Å². The van der Waals surface area contributed by atoms with E-state index in [-0.39, 0.29) is 86.6 Å². The van der Waals surface area contributed by atoms with Gasteiger partial charge in [-0.25, -0.2) is 10.5 Å². The van der Waals surface area contributed by atoms with E-state index in [1.807, 2.05) is 0 Å². The van der Waals surface area contributed by atoms with Crippen molar-refractivity contribution >= 4 is 96.2 Å². The largest absolute Gasteiger partial charge is 0.483 e. The number of carbonyl (C=O) groups is 1. The molecule has 0 atom stereocenters. The molecule has 0 fully saturated rings. The van der Waals surface area contributed by atoms with Gasteiger partial charge in [-0.1, -0.05) is 73.7 Å². The van der Waals surface area contributed by atoms with Gasteiger partial charge >= 0.3 is 6.15 Å². The van der Waals surface area contributed by atoms with E-state index in [0.29, 0.717) is 0 Å². The third kappa shape index (κ3) is 390. The summed E-state index contributed by atoms with van der Waals surface area (Å²) in [6.07, 6.45) is 0.250. The van der Waals surface area contributed by atoms with Gasteiger partial charge in [0.1, 0.15) is 8.98 Å². The fraction of sp³-hybridized carbons (Fsp3) is 0.429. The van der Waals surface area contributed by atoms with Crippen molar-refractivity contribution in [2.75, 3.05) is 0 Å². The minimum Gasteiger partial charge on any atom is -0.483 e. The zero-order valence-electron chi connectivity index (χ0n) is 8.29. The number of hydrogen-bond acceptors (Lipinski definition) is 6. The van der Waals surface area contributed by atoms with E-state index in [1.54, 1.807) is 0 Å². The number of rotatable bonds is 0. The van der Waals surface area contributed by atoms with E-state index in [4.69, 9.17) is 76.4 Å². The van der Waals surface area contributed by atoms with Crippen molar-refractivity contribution in [1.82, 2.24) is 0 Å². The smallest absolute Gasteiger partial charge is 0.373 e. The van der Waals surface area contributed by atoms with Crippen molar-refractivity contribution in [2.24, 2.45) is 0 Å². The van der Waals surface area contributed by atoms with Gasteiger partial charge in [0.25, 0.3) is 6.47 Å². The van der Waals surface area contributed by atoms with Crippen LogP contribution in [0.15, 0.2) is 8.98 Å². The predicted octanol–water partition coefficient (Wildman–Crippen LogP) is 4.48. The highest BCUT2D eigenvalue weighted by atomic mass is 35.5. The Balaban J connectivity index is -0.00000000768. The number of carbonyl (C=O) groups excluding carboxylic acids is 2. The molecule has 146 valence electrons. The van der Waals surface area contributed by atoms with E-state index < -0.39 is 0 Å². The lowest BCUT2D eigenvalue weighted by molar-refractivity contribution is -0.465. The Bertz CT molecular complexity index is 181. The van der Waals surface area contributed by atoms with E-state index in [1.165, 1.54) is 0 Å². The summed E-state index contributed by atoms with van der Waals surface area (Å²) in [7, 11) is 0. The second kappa shape index (κ2) is 100. The lowest BCUT2D eigenvalue weighted by Gasteiger charge is -1.75. The van der Waals surface area contributed by atoms with Crippen LogP contribution in [0.25, 0.3) is 0 Å². The Kier molecular flexibility index (Phi) is 359. The molecule has 22 heavy (non-hydrogen) atoms. The minimum atomic E-state index is -0.250. The average molecular weight is 481 g/mol. The van der Waals surface area contributed by atoms with E-state index in [9.17, 15) is 0 Å². The Morgan fingerprint density at radius 1 is 0.864 bits per heavy atom. The quantitative estimate of drug-likeness (QED) is 0.262. The van der Waals surface area contributed by atoms with Gasteiger partial charge in [0.15, 0.2) is 0 Å². The summed E-state index contributed by atoms with van der Waals surface area (Å²) in [5.74, 6) is 0. The molecule has 0 bridgehead atoms. The van der Waals surface area contributed by atoms with Gasteiger partial charge in [0.2, 0.25) is 0 Å². The van der Waals surface area contributed by atoms with Crippen LogP contribution in [0.3, 0.4) is 0 Å². The molecule has 15 heteroatoms. The van der Waals surface area contributed by atoms with Crippen LogP contribution in [0, 0.1) is 0 Å². The SMILES string of the molecule is C.C.C.Cl.Cl.Cl.ClC(Cl)=C(Cl)Cl.O.O=C=O.O=CO.OOO. The molecule has 0 rings (SSSR count). The molecule has 0 saturated carbocycles. The summed E-state index contributed by atoms with van der Waals surface area (Å²) in [6.45, 7) is -0.250. The van der Waals surface area contributed by atoms with Gasteiger partial charge in [-0.2, -0.15) is 9.59 Å². The standard InChI is InChI=1S/C2Cl4.CH2O2.CO2.3CH4.3ClH.H2O3.H2O/c3-1(4)2(5)6;2*2-1-3;;;;;;;1-3-2;/h;1H,(H,2,3);;3*1H4;3*1H;1-2H;1H2. The first-order chi connectivity index (χ1) is 6.89. The molecular weight excluding hydrogens is 460 g/mol. The van der Waals surface area contributed by atoms with Gasteiger partial charge in [0.05, 0.1) is 0 Å². The second-order valence-corrected chi connectivity index (χ2v) is 2.69. The van der Waals surface area contributed by atoms with Gasteiger partial charge in [-0.3, -0.25) is 4.79 Å². The molecule has 0 aliphatic carbocycles. The molecule has 8 nitrogen and oxygen atoms in total. The monoisotopic (exact) mass is 478 g/mol. The number of hydrogen-bond donors (Lipinski definition) is 3. The fourth-order valence-corrected chi connectivity index (χ4v) is 0. The first kappa shape index (κ1) is 78.8. The summed E-state index contributed by atoms with van der Waals surface area (Å²) in [6, 6.07) is 0. The van der Waals surface area contributed by atoms with Gasteiger partial charge in [0, 0.05) is 0 Å². The minimum absolute atomic E-state index is 0. The molecule has 0 aliphatic rings. The molecule has 0 spiro atoms. The molecule has 0 aromatic rings. The maximum absolute atomic E-state index is 8.36. The lowest BCUT2D eigenvalue weighted by Crippen LogP contribution is -1.60. The first-order valence-electron chi connectivity index (χ1n) is 2.27. The molecular formula is C7H21Cl7O8. The molecule has 5 N–H and O–H groups in total. The summed E-state index contributed by atoms with van der Waals surface area (Å²) in [5, 5.41) is 22.4. The highest BCUT2D eigenvalue weighted by Crippen LogP contribution is 2.20. The lowest BCUT2D eigenvalue weighted by atomic mass is 11.2. The Labute approximate surface area is 167 Å². The average Bonchev–Trinajstić information content (AvgIpc) is 2.07. The Morgan fingerprint density at radius 2 is 0.909 bits per heavy atom. The third-order valence-corrected chi connectivity index (χ3v) is 1.29. The molecule has 0 amide bonds. The van der Waals surface area contributed by atoms with E-state index in [0.717, 1.165) is 0 Å². The molecule has 0 radical (unpaired) electrons. The van der Waals surface area contributed by atoms with Crippen molar-refractivity contribution in [3.8, 4) is 0 Å². The topological polar surface area (TPSA) is 153 Å². The van der Waals surface area contributed by atoms with Gasteiger partial charge in [-0.05, 0) is 0 Å². The van der Waals surface area contributed by atoms with E-state index >= 15 is 0 Å². The van der Waals surface area contributed by atoms with Crippen LogP contribution in [0.2, 0.25) is 0 Å². The summed E-state index contributed by atoms with van der Waals surface area (Å²) < 4.78 is -0.198. The molecule has 0 aromatic carbocycles. The van der Waals surface area contributed by atoms with Crippen LogP contribution in [0.4, 0.5) is 0 Å². The summed E-state index contributed by atoms with van der Waals surface area (Å²) >= 11 is 20.0. The van der Waals surface area contributed by atoms with Crippen molar-refractivity contribution in [2.45, 2.75) is 22.3 Å². The normalized spacial score (nSPS) is 3.91. The first-order valence-corrected chi connectivity index (χ1v) is 3.79. The molecule has 0 aromatic heterocycles. The highest BCUT2D eigenvalue weighted by molar-refractivity contribution is 6.67. The fourth-order valence-electron chi connectivity index (χ4n) is 0. The van der Waals surface area contributed by atoms with E-state index in [2.05, 4.69) is 5.04 Å². The predicted molar refractivity (Wildman–Crippen MR) is 96.0 cm³/mol. The zero-order chi connectivity index (χ0) is 13.3. The van der Waals surface area contributed by atoms with Crippen molar-refractivity contribution < 1.29 is 40.5 Å². The van der Waals surface area contributed by atoms with Crippen molar-refractivity contribution in [3.63, 3.8) is 0 Å². The number of halogens is 7. The van der Waals surface area contributed by atoms with Crippen LogP contribution < -0.4 is 0 Å². The second-order valence-electron chi connectivity index (χ2n) is 0.791. The maximum Gasteiger partial charge on any atom is 0.373 e. The van der Waals surface area contributed by atoms with Crippen molar-refractivity contribution in [3.05, 3.63) is 8.98 Å². The van der Waals surface area contributed by atoms with Crippen LogP contribution >= 0.6 is 83.6 Å². The molecule has 0 unspecified atom stereocenters. The van der Waals surface area contributed by atoms with Gasteiger partial charge < -0.3 is 10.6 Å². The van der Waals surface area contributed by atoms with Crippen LogP contribution in [-0.2, 0) is 19.4 Å². The Morgan fingerprint density at radius 3 is 0.909 bits per heavy atom. The van der Waals surface area contributed by atoms with Crippen LogP contribution in [-0.4, -0.2) is 33.7 Å². The Hall–Kier alpha value is 0.460. The van der Waals surface area contributed by atoms with Crippen LogP contribution in [0.1, 0.15) is 22.3 Å². The summed E-state index contributed by atoms with van der Waals surface area (Å²) in [4.78, 5) is 24.6. The summed E-state index contributed by atoms with van der Waals surface area (Å²) in [5.41, 5.74) is 0. The molecule has 0 saturated heterocycles. The maximum atomic E-state index is 8.36. The number of carboxylic acid groups (broad SMARTS) is 1. The van der Waals surface area contributed by atoms with Crippen molar-refractivity contribution in [1.29, 1.82) is 0 Å². The molecule has 0 heterocycles. The molecule has 0 aliphatic heterocycles. The third-order valence-electron chi connectivity index (χ3n) is 0.143. The highest BCUT2D eigenvalue weighted by Gasteiger charge is 1.88.